The molecule has 0 spiro atoms. The quantitative estimate of drug-likeness (QED) is 0.812. The number of sulfone groups is 1. The van der Waals surface area contributed by atoms with Gasteiger partial charge in [0.05, 0.1) is 12.9 Å². The van der Waals surface area contributed by atoms with Crippen LogP contribution in [0.3, 0.4) is 0 Å². The number of nitrogens with zero attached hydrogens (tertiary/aromatic N) is 1. The molecule has 0 aromatic heterocycles. The van der Waals surface area contributed by atoms with Crippen LogP contribution in [0.2, 0.25) is 0 Å². The first-order valence-corrected chi connectivity index (χ1v) is 8.57. The maximum absolute atomic E-state index is 11.2. The Bertz CT molecular complexity index is 543. The van der Waals surface area contributed by atoms with Crippen LogP contribution in [0.15, 0.2) is 18.2 Å². The molecule has 0 aliphatic carbocycles. The molecule has 1 rings (SSSR count). The fraction of sp³-hybridized carbons (Fsp3) is 0.571. The van der Waals surface area contributed by atoms with Crippen LogP contribution in [-0.2, 0) is 9.84 Å². The van der Waals surface area contributed by atoms with E-state index >= 15 is 0 Å². The van der Waals surface area contributed by atoms with Gasteiger partial charge in [-0.1, -0.05) is 12.1 Å². The summed E-state index contributed by atoms with van der Waals surface area (Å²) in [6.07, 6.45) is 1.25. The summed E-state index contributed by atoms with van der Waals surface area (Å²) in [5.74, 6) is 0.970. The summed E-state index contributed by atoms with van der Waals surface area (Å²) in [5, 5.41) is 0. The summed E-state index contributed by atoms with van der Waals surface area (Å²) in [6.45, 7) is 2.88. The molecule has 0 aliphatic rings. The van der Waals surface area contributed by atoms with Crippen LogP contribution in [0.5, 0.6) is 5.75 Å². The van der Waals surface area contributed by atoms with Gasteiger partial charge in [0.2, 0.25) is 0 Å². The van der Waals surface area contributed by atoms with Crippen molar-refractivity contribution in [2.75, 3.05) is 39.3 Å². The van der Waals surface area contributed by atoms with Gasteiger partial charge in [0.15, 0.2) is 0 Å². The lowest BCUT2D eigenvalue weighted by atomic mass is 10.0. The predicted molar refractivity (Wildman–Crippen MR) is 81.9 cm³/mol. The number of methoxy groups -OCH3 is 1. The molecule has 2 N–H and O–H groups in total. The lowest BCUT2D eigenvalue weighted by Crippen LogP contribution is -2.34. The summed E-state index contributed by atoms with van der Waals surface area (Å²) in [7, 11) is 0.566. The van der Waals surface area contributed by atoms with Crippen molar-refractivity contribution < 1.29 is 13.2 Å². The first kappa shape index (κ1) is 16.9. The molecule has 1 atom stereocenters. The SMILES string of the molecule is COc1ccc(C(CN)N(C)CCS(C)(=O)=O)cc1C. The number of ether oxygens (including phenoxy) is 1. The van der Waals surface area contributed by atoms with E-state index in [1.54, 1.807) is 7.11 Å². The van der Waals surface area contributed by atoms with Gasteiger partial charge in [-0.25, -0.2) is 8.42 Å². The van der Waals surface area contributed by atoms with E-state index in [4.69, 9.17) is 10.5 Å². The highest BCUT2D eigenvalue weighted by molar-refractivity contribution is 7.90. The zero-order valence-electron chi connectivity index (χ0n) is 12.6. The molecule has 0 fully saturated rings. The van der Waals surface area contributed by atoms with E-state index in [9.17, 15) is 8.42 Å². The average Bonchev–Trinajstić information content (AvgIpc) is 2.36. The van der Waals surface area contributed by atoms with Crippen LogP contribution >= 0.6 is 0 Å². The number of hydrogen-bond donors (Lipinski definition) is 1. The van der Waals surface area contributed by atoms with Crippen molar-refractivity contribution in [3.63, 3.8) is 0 Å². The van der Waals surface area contributed by atoms with E-state index in [-0.39, 0.29) is 11.8 Å². The lowest BCUT2D eigenvalue weighted by molar-refractivity contribution is 0.264. The summed E-state index contributed by atoms with van der Waals surface area (Å²) in [6, 6.07) is 5.92. The molecule has 0 radical (unpaired) electrons. The van der Waals surface area contributed by atoms with Gasteiger partial charge in [0, 0.05) is 25.4 Å². The van der Waals surface area contributed by atoms with E-state index < -0.39 is 9.84 Å². The molecular weight excluding hydrogens is 276 g/mol. The van der Waals surface area contributed by atoms with Gasteiger partial charge in [0.25, 0.3) is 0 Å². The zero-order valence-corrected chi connectivity index (χ0v) is 13.4. The molecule has 20 heavy (non-hydrogen) atoms. The van der Waals surface area contributed by atoms with Crippen LogP contribution in [0, 0.1) is 6.92 Å². The number of rotatable bonds is 7. The Morgan fingerprint density at radius 2 is 2.05 bits per heavy atom. The number of nitrogens with two attached hydrogens (primary N) is 1. The molecule has 0 bridgehead atoms. The van der Waals surface area contributed by atoms with Crippen molar-refractivity contribution in [1.82, 2.24) is 4.90 Å². The van der Waals surface area contributed by atoms with Gasteiger partial charge in [-0.2, -0.15) is 0 Å². The lowest BCUT2D eigenvalue weighted by Gasteiger charge is -2.27. The monoisotopic (exact) mass is 300 g/mol. The molecule has 0 aliphatic heterocycles. The van der Waals surface area contributed by atoms with Gasteiger partial charge in [-0.05, 0) is 31.2 Å². The highest BCUT2D eigenvalue weighted by atomic mass is 32.2. The second-order valence-electron chi connectivity index (χ2n) is 5.09. The van der Waals surface area contributed by atoms with Crippen LogP contribution in [-0.4, -0.2) is 52.6 Å². The minimum absolute atomic E-state index is 0.00126. The third kappa shape index (κ3) is 4.77. The molecule has 6 heteroatoms. The smallest absolute Gasteiger partial charge is 0.148 e. The Labute approximate surface area is 121 Å². The largest absolute Gasteiger partial charge is 0.496 e. The third-order valence-corrected chi connectivity index (χ3v) is 4.30. The van der Waals surface area contributed by atoms with Gasteiger partial charge < -0.3 is 10.5 Å². The zero-order chi connectivity index (χ0) is 15.3. The standard InChI is InChI=1S/C14H24N2O3S/c1-11-9-12(5-6-14(11)19-3)13(10-15)16(2)7-8-20(4,17)18/h5-6,9,13H,7-8,10,15H2,1-4H3. The molecule has 1 aromatic rings. The molecule has 1 aromatic carbocycles. The van der Waals surface area contributed by atoms with Crippen LogP contribution < -0.4 is 10.5 Å². The van der Waals surface area contributed by atoms with E-state index in [0.29, 0.717) is 13.1 Å². The van der Waals surface area contributed by atoms with E-state index in [2.05, 4.69) is 0 Å². The Morgan fingerprint density at radius 1 is 1.40 bits per heavy atom. The normalized spacial score (nSPS) is 13.5. The van der Waals surface area contributed by atoms with Gasteiger partial charge >= 0.3 is 0 Å². The van der Waals surface area contributed by atoms with Crippen LogP contribution in [0.1, 0.15) is 17.2 Å². The summed E-state index contributed by atoms with van der Waals surface area (Å²) >= 11 is 0. The molecule has 0 amide bonds. The van der Waals surface area contributed by atoms with Crippen molar-refractivity contribution >= 4 is 9.84 Å². The molecule has 0 saturated carbocycles. The summed E-state index contributed by atoms with van der Waals surface area (Å²) in [4.78, 5) is 1.97. The van der Waals surface area contributed by atoms with Crippen molar-refractivity contribution in [1.29, 1.82) is 0 Å². The number of aryl methyl sites for hydroxylation is 1. The average molecular weight is 300 g/mol. The van der Waals surface area contributed by atoms with E-state index in [0.717, 1.165) is 16.9 Å². The van der Waals surface area contributed by atoms with Crippen molar-refractivity contribution in [3.05, 3.63) is 29.3 Å². The second kappa shape index (κ2) is 7.06. The van der Waals surface area contributed by atoms with Crippen molar-refractivity contribution in [2.45, 2.75) is 13.0 Å². The maximum atomic E-state index is 11.2. The Hall–Kier alpha value is -1.11. The molecule has 114 valence electrons. The topological polar surface area (TPSA) is 72.6 Å². The van der Waals surface area contributed by atoms with Crippen molar-refractivity contribution in [3.8, 4) is 5.75 Å². The van der Waals surface area contributed by atoms with E-state index in [1.807, 2.05) is 37.1 Å². The Morgan fingerprint density at radius 3 is 2.50 bits per heavy atom. The number of benzene rings is 1. The first-order chi connectivity index (χ1) is 9.28. The molecule has 0 saturated heterocycles. The molecular formula is C14H24N2O3S. The number of likely N-dealkylation sites (N-methyl/N-ethyl adjacent to an activating group) is 1. The van der Waals surface area contributed by atoms with Gasteiger partial charge in [-0.15, -0.1) is 0 Å². The van der Waals surface area contributed by atoms with Crippen LogP contribution in [0.4, 0.5) is 0 Å². The minimum atomic E-state index is -2.96. The highest BCUT2D eigenvalue weighted by Crippen LogP contribution is 2.24. The predicted octanol–water partition coefficient (Wildman–Crippen LogP) is 0.980. The second-order valence-corrected chi connectivity index (χ2v) is 7.35. The first-order valence-electron chi connectivity index (χ1n) is 6.51. The van der Waals surface area contributed by atoms with Gasteiger partial charge in [-0.3, -0.25) is 4.90 Å². The third-order valence-electron chi connectivity index (χ3n) is 3.37. The summed E-state index contributed by atoms with van der Waals surface area (Å²) in [5.41, 5.74) is 7.96. The van der Waals surface area contributed by atoms with Crippen molar-refractivity contribution in [2.24, 2.45) is 5.73 Å². The van der Waals surface area contributed by atoms with Gasteiger partial charge in [0.1, 0.15) is 15.6 Å². The Kier molecular flexibility index (Phi) is 5.98. The minimum Gasteiger partial charge on any atom is -0.496 e. The van der Waals surface area contributed by atoms with Crippen LogP contribution in [0.25, 0.3) is 0 Å². The number of hydrogen-bond acceptors (Lipinski definition) is 5. The maximum Gasteiger partial charge on any atom is 0.148 e. The fourth-order valence-corrected chi connectivity index (χ4v) is 2.76. The molecule has 5 nitrogen and oxygen atoms in total. The molecule has 1 unspecified atom stereocenters. The Balaban J connectivity index is 2.87. The summed E-state index contributed by atoms with van der Waals surface area (Å²) < 4.78 is 27.7. The fourth-order valence-electron chi connectivity index (χ4n) is 2.15. The molecule has 0 heterocycles. The highest BCUT2D eigenvalue weighted by Gasteiger charge is 2.17. The van der Waals surface area contributed by atoms with E-state index in [1.165, 1.54) is 6.26 Å².